The van der Waals surface area contributed by atoms with Crippen LogP contribution >= 0.6 is 0 Å². The van der Waals surface area contributed by atoms with Crippen molar-refractivity contribution in [2.45, 2.75) is 39.8 Å². The summed E-state index contributed by atoms with van der Waals surface area (Å²) in [6.45, 7) is 10.2. The molecule has 0 aliphatic carbocycles. The third kappa shape index (κ3) is 6.27. The molecule has 8 nitrogen and oxygen atoms in total. The number of amides is 1. The number of benzene rings is 1. The zero-order valence-corrected chi connectivity index (χ0v) is 17.4. The number of para-hydroxylation sites is 1. The van der Waals surface area contributed by atoms with Crippen LogP contribution in [-0.2, 0) is 11.3 Å². The molecular formula is C21H30N4O4. The number of morpholine rings is 1. The lowest BCUT2D eigenvalue weighted by Crippen LogP contribution is -2.49. The predicted octanol–water partition coefficient (Wildman–Crippen LogP) is 2.43. The summed E-state index contributed by atoms with van der Waals surface area (Å²) in [6, 6.07) is 7.49. The SMILES string of the molecule is Cc1nc(COc2ccccc2C(=O)NCC(CC(C)C)N2CCOCC2)no1. The van der Waals surface area contributed by atoms with Crippen LogP contribution in [-0.4, -0.2) is 59.8 Å². The molecular weight excluding hydrogens is 372 g/mol. The van der Waals surface area contributed by atoms with E-state index in [1.807, 2.05) is 12.1 Å². The van der Waals surface area contributed by atoms with Gasteiger partial charge in [0.2, 0.25) is 11.7 Å². The lowest BCUT2D eigenvalue weighted by atomic mass is 10.0. The number of aromatic nitrogens is 2. The van der Waals surface area contributed by atoms with Gasteiger partial charge in [0.05, 0.1) is 18.8 Å². The summed E-state index contributed by atoms with van der Waals surface area (Å²) in [6.07, 6.45) is 1.02. The molecule has 0 bridgehead atoms. The Hall–Kier alpha value is -2.45. The predicted molar refractivity (Wildman–Crippen MR) is 108 cm³/mol. The van der Waals surface area contributed by atoms with Crippen molar-refractivity contribution in [3.8, 4) is 5.75 Å². The first-order valence-electron chi connectivity index (χ1n) is 10.1. The molecule has 1 aliphatic heterocycles. The molecule has 1 aliphatic rings. The third-order valence-electron chi connectivity index (χ3n) is 4.86. The highest BCUT2D eigenvalue weighted by Crippen LogP contribution is 2.19. The van der Waals surface area contributed by atoms with Gasteiger partial charge in [0.1, 0.15) is 5.75 Å². The average molecular weight is 402 g/mol. The minimum atomic E-state index is -0.146. The van der Waals surface area contributed by atoms with Gasteiger partial charge in [-0.2, -0.15) is 4.98 Å². The maximum Gasteiger partial charge on any atom is 0.255 e. The Bertz CT molecular complexity index is 786. The van der Waals surface area contributed by atoms with E-state index in [0.29, 0.717) is 41.5 Å². The average Bonchev–Trinajstić information content (AvgIpc) is 3.15. The van der Waals surface area contributed by atoms with Crippen molar-refractivity contribution in [1.82, 2.24) is 20.4 Å². The third-order valence-corrected chi connectivity index (χ3v) is 4.86. The summed E-state index contributed by atoms with van der Waals surface area (Å²) in [5.74, 6) is 1.83. The van der Waals surface area contributed by atoms with Gasteiger partial charge in [-0.1, -0.05) is 31.1 Å². The first kappa shape index (κ1) is 21.3. The van der Waals surface area contributed by atoms with E-state index in [-0.39, 0.29) is 12.5 Å². The minimum Gasteiger partial charge on any atom is -0.485 e. The molecule has 1 unspecified atom stereocenters. The molecule has 2 aromatic rings. The Labute approximate surface area is 171 Å². The Balaban J connectivity index is 1.61. The molecule has 2 heterocycles. The largest absolute Gasteiger partial charge is 0.485 e. The molecule has 1 aromatic carbocycles. The second-order valence-corrected chi connectivity index (χ2v) is 7.66. The number of nitrogens with zero attached hydrogens (tertiary/aromatic N) is 3. The quantitative estimate of drug-likeness (QED) is 0.689. The molecule has 1 atom stereocenters. The second kappa shape index (κ2) is 10.4. The summed E-state index contributed by atoms with van der Waals surface area (Å²) < 4.78 is 16.2. The summed E-state index contributed by atoms with van der Waals surface area (Å²) in [4.78, 5) is 19.4. The van der Waals surface area contributed by atoms with E-state index in [9.17, 15) is 4.79 Å². The molecule has 29 heavy (non-hydrogen) atoms. The van der Waals surface area contributed by atoms with Gasteiger partial charge in [-0.05, 0) is 24.5 Å². The van der Waals surface area contributed by atoms with E-state index in [0.717, 1.165) is 32.7 Å². The Morgan fingerprint density at radius 1 is 1.28 bits per heavy atom. The Morgan fingerprint density at radius 2 is 2.03 bits per heavy atom. The fourth-order valence-electron chi connectivity index (χ4n) is 3.48. The van der Waals surface area contributed by atoms with Crippen molar-refractivity contribution < 1.29 is 18.8 Å². The van der Waals surface area contributed by atoms with Crippen LogP contribution in [0.25, 0.3) is 0 Å². The van der Waals surface area contributed by atoms with Crippen molar-refractivity contribution in [3.63, 3.8) is 0 Å². The fraction of sp³-hybridized carbons (Fsp3) is 0.571. The molecule has 3 rings (SSSR count). The molecule has 1 N–H and O–H groups in total. The Kier molecular flexibility index (Phi) is 7.60. The number of carbonyl (C=O) groups is 1. The Morgan fingerprint density at radius 3 is 2.72 bits per heavy atom. The van der Waals surface area contributed by atoms with Gasteiger partial charge < -0.3 is 19.3 Å². The summed E-state index contributed by atoms with van der Waals surface area (Å²) in [7, 11) is 0. The lowest BCUT2D eigenvalue weighted by molar-refractivity contribution is 0.0124. The molecule has 0 saturated carbocycles. The van der Waals surface area contributed by atoms with Crippen LogP contribution in [0.1, 0.15) is 42.3 Å². The molecule has 1 amide bonds. The van der Waals surface area contributed by atoms with E-state index < -0.39 is 0 Å². The smallest absolute Gasteiger partial charge is 0.255 e. The van der Waals surface area contributed by atoms with Crippen LogP contribution in [0.15, 0.2) is 28.8 Å². The summed E-state index contributed by atoms with van der Waals surface area (Å²) in [5, 5.41) is 6.91. The summed E-state index contributed by atoms with van der Waals surface area (Å²) in [5.41, 5.74) is 0.498. The highest BCUT2D eigenvalue weighted by molar-refractivity contribution is 5.96. The van der Waals surface area contributed by atoms with E-state index in [2.05, 4.69) is 34.2 Å². The van der Waals surface area contributed by atoms with Gasteiger partial charge in [0.25, 0.3) is 5.91 Å². The number of carbonyl (C=O) groups excluding carboxylic acids is 1. The maximum absolute atomic E-state index is 12.9. The molecule has 0 spiro atoms. The van der Waals surface area contributed by atoms with Crippen LogP contribution in [0.4, 0.5) is 0 Å². The van der Waals surface area contributed by atoms with Crippen LogP contribution in [0.5, 0.6) is 5.75 Å². The molecule has 1 fully saturated rings. The van der Waals surface area contributed by atoms with Gasteiger partial charge >= 0.3 is 0 Å². The zero-order valence-electron chi connectivity index (χ0n) is 17.4. The monoisotopic (exact) mass is 402 g/mol. The van der Waals surface area contributed by atoms with E-state index in [1.165, 1.54) is 0 Å². The molecule has 158 valence electrons. The highest BCUT2D eigenvalue weighted by Gasteiger charge is 2.23. The number of hydrogen-bond acceptors (Lipinski definition) is 7. The van der Waals surface area contributed by atoms with E-state index in [4.69, 9.17) is 14.0 Å². The van der Waals surface area contributed by atoms with E-state index >= 15 is 0 Å². The molecule has 1 aromatic heterocycles. The standard InChI is InChI=1S/C21H30N4O4/c1-15(2)12-17(25-8-10-27-11-9-25)13-22-21(26)18-6-4-5-7-19(18)28-14-20-23-16(3)29-24-20/h4-7,15,17H,8-14H2,1-3H3,(H,22,26). The van der Waals surface area contributed by atoms with Crippen molar-refractivity contribution in [2.24, 2.45) is 5.92 Å². The highest BCUT2D eigenvalue weighted by atomic mass is 16.5. The zero-order chi connectivity index (χ0) is 20.6. The maximum atomic E-state index is 12.9. The first-order valence-corrected chi connectivity index (χ1v) is 10.1. The summed E-state index contributed by atoms with van der Waals surface area (Å²) >= 11 is 0. The van der Waals surface area contributed by atoms with Crippen molar-refractivity contribution in [2.75, 3.05) is 32.8 Å². The number of nitrogens with one attached hydrogen (secondary N) is 1. The van der Waals surface area contributed by atoms with Crippen molar-refractivity contribution >= 4 is 5.91 Å². The van der Waals surface area contributed by atoms with Crippen LogP contribution in [0.3, 0.4) is 0 Å². The van der Waals surface area contributed by atoms with Crippen LogP contribution in [0.2, 0.25) is 0 Å². The number of ether oxygens (including phenoxy) is 2. The second-order valence-electron chi connectivity index (χ2n) is 7.66. The molecule has 8 heteroatoms. The topological polar surface area (TPSA) is 89.7 Å². The first-order chi connectivity index (χ1) is 14.0. The number of rotatable bonds is 9. The van der Waals surface area contributed by atoms with Crippen LogP contribution < -0.4 is 10.1 Å². The molecule has 1 saturated heterocycles. The molecule has 0 radical (unpaired) electrons. The van der Waals surface area contributed by atoms with Crippen LogP contribution in [0, 0.1) is 12.8 Å². The number of aryl methyl sites for hydroxylation is 1. The van der Waals surface area contributed by atoms with Crippen molar-refractivity contribution in [3.05, 3.63) is 41.5 Å². The minimum absolute atomic E-state index is 0.144. The van der Waals surface area contributed by atoms with Gasteiger partial charge in [-0.15, -0.1) is 0 Å². The van der Waals surface area contributed by atoms with Crippen molar-refractivity contribution in [1.29, 1.82) is 0 Å². The number of hydrogen-bond donors (Lipinski definition) is 1. The van der Waals surface area contributed by atoms with Gasteiger partial charge in [0, 0.05) is 32.6 Å². The van der Waals surface area contributed by atoms with Gasteiger partial charge in [-0.3, -0.25) is 9.69 Å². The lowest BCUT2D eigenvalue weighted by Gasteiger charge is -2.35. The van der Waals surface area contributed by atoms with E-state index in [1.54, 1.807) is 19.1 Å². The van der Waals surface area contributed by atoms with Gasteiger partial charge in [-0.25, -0.2) is 0 Å². The van der Waals surface area contributed by atoms with Gasteiger partial charge in [0.15, 0.2) is 6.61 Å². The normalized spacial score (nSPS) is 16.0. The fourth-order valence-corrected chi connectivity index (χ4v) is 3.48.